The van der Waals surface area contributed by atoms with Crippen LogP contribution in [0.3, 0.4) is 0 Å². The molecule has 68 valence electrons. The number of hydrogen-bond acceptors (Lipinski definition) is 3. The summed E-state index contributed by atoms with van der Waals surface area (Å²) in [6.07, 6.45) is 0.748. The third-order valence-electron chi connectivity index (χ3n) is 1.82. The molecule has 0 bridgehead atoms. The Balaban J connectivity index is 2.93. The van der Waals surface area contributed by atoms with Gasteiger partial charge in [0.15, 0.2) is 0 Å². The summed E-state index contributed by atoms with van der Waals surface area (Å²) in [5.41, 5.74) is 13.6. The molecule has 0 aliphatic heterocycles. The Morgan fingerprint density at radius 1 is 1.54 bits per heavy atom. The van der Waals surface area contributed by atoms with Crippen molar-refractivity contribution in [1.82, 2.24) is 0 Å². The van der Waals surface area contributed by atoms with E-state index in [1.165, 1.54) is 0 Å². The number of anilines is 1. The monoisotopic (exact) mass is 175 g/mol. The normalized spacial score (nSPS) is 12.1. The van der Waals surface area contributed by atoms with Crippen LogP contribution in [0.15, 0.2) is 18.2 Å². The first-order valence-corrected chi connectivity index (χ1v) is 4.17. The van der Waals surface area contributed by atoms with E-state index in [1.807, 2.05) is 19.1 Å². The Labute approximate surface area is 78.0 Å². The Kier molecular flexibility index (Phi) is 2.88. The van der Waals surface area contributed by atoms with Gasteiger partial charge >= 0.3 is 0 Å². The molecule has 0 spiro atoms. The number of nitrogens with zero attached hydrogens (tertiary/aromatic N) is 1. The number of benzene rings is 1. The Bertz CT molecular complexity index is 337. The molecular formula is C10H13N3. The van der Waals surface area contributed by atoms with Gasteiger partial charge < -0.3 is 11.5 Å². The van der Waals surface area contributed by atoms with E-state index in [9.17, 15) is 0 Å². The molecule has 0 fully saturated rings. The molecule has 1 aromatic carbocycles. The summed E-state index contributed by atoms with van der Waals surface area (Å²) in [5.74, 6) is 0. The van der Waals surface area contributed by atoms with E-state index in [-0.39, 0.29) is 6.04 Å². The van der Waals surface area contributed by atoms with Crippen LogP contribution in [0, 0.1) is 11.3 Å². The highest BCUT2D eigenvalue weighted by atomic mass is 14.6. The minimum absolute atomic E-state index is 0.0928. The Morgan fingerprint density at radius 2 is 2.23 bits per heavy atom. The van der Waals surface area contributed by atoms with Crippen molar-refractivity contribution in [3.63, 3.8) is 0 Å². The molecule has 1 aromatic rings. The lowest BCUT2D eigenvalue weighted by Gasteiger charge is -2.08. The standard InChI is InChI=1S/C10H13N3/c1-7(12)4-9-3-2-8(6-11)5-10(9)13/h2-3,5,7H,4,12-13H2,1H3. The number of nitrogen functional groups attached to an aromatic ring is 1. The van der Waals surface area contributed by atoms with E-state index < -0.39 is 0 Å². The lowest BCUT2D eigenvalue weighted by molar-refractivity contribution is 0.739. The van der Waals surface area contributed by atoms with Crippen LogP contribution in [-0.4, -0.2) is 6.04 Å². The average molecular weight is 175 g/mol. The maximum atomic E-state index is 8.60. The zero-order chi connectivity index (χ0) is 9.84. The predicted octanol–water partition coefficient (Wildman–Crippen LogP) is 1.03. The summed E-state index contributed by atoms with van der Waals surface area (Å²) < 4.78 is 0. The minimum atomic E-state index is 0.0928. The van der Waals surface area contributed by atoms with Gasteiger partial charge in [-0.15, -0.1) is 0 Å². The molecule has 1 atom stereocenters. The summed E-state index contributed by atoms with van der Waals surface area (Å²) in [7, 11) is 0. The van der Waals surface area contributed by atoms with Crippen molar-refractivity contribution in [2.45, 2.75) is 19.4 Å². The summed E-state index contributed by atoms with van der Waals surface area (Å²) >= 11 is 0. The van der Waals surface area contributed by atoms with Gasteiger partial charge in [-0.1, -0.05) is 6.07 Å². The second-order valence-corrected chi connectivity index (χ2v) is 3.21. The summed E-state index contributed by atoms with van der Waals surface area (Å²) in [6.45, 7) is 1.93. The molecule has 0 saturated heterocycles. The molecule has 1 rings (SSSR count). The van der Waals surface area contributed by atoms with E-state index in [0.29, 0.717) is 11.3 Å². The van der Waals surface area contributed by atoms with Gasteiger partial charge in [-0.05, 0) is 31.0 Å². The third kappa shape index (κ3) is 2.46. The van der Waals surface area contributed by atoms with Crippen LogP contribution in [0.5, 0.6) is 0 Å². The van der Waals surface area contributed by atoms with Gasteiger partial charge in [0, 0.05) is 11.7 Å². The molecule has 4 N–H and O–H groups in total. The second kappa shape index (κ2) is 3.92. The molecule has 0 saturated carbocycles. The predicted molar refractivity (Wildman–Crippen MR) is 52.9 cm³/mol. The van der Waals surface area contributed by atoms with Crippen molar-refractivity contribution < 1.29 is 0 Å². The molecular weight excluding hydrogens is 162 g/mol. The molecule has 0 aromatic heterocycles. The number of nitrogens with two attached hydrogens (primary N) is 2. The van der Waals surface area contributed by atoms with Crippen LogP contribution < -0.4 is 11.5 Å². The molecule has 0 radical (unpaired) electrons. The van der Waals surface area contributed by atoms with Crippen molar-refractivity contribution in [1.29, 1.82) is 5.26 Å². The van der Waals surface area contributed by atoms with Gasteiger partial charge in [0.1, 0.15) is 0 Å². The van der Waals surface area contributed by atoms with Gasteiger partial charge in [0.2, 0.25) is 0 Å². The SMILES string of the molecule is CC(N)Cc1ccc(C#N)cc1N. The fraction of sp³-hybridized carbons (Fsp3) is 0.300. The first-order valence-electron chi connectivity index (χ1n) is 4.17. The molecule has 0 aliphatic rings. The average Bonchev–Trinajstić information content (AvgIpc) is 2.08. The first kappa shape index (κ1) is 9.56. The lowest BCUT2D eigenvalue weighted by Crippen LogP contribution is -2.18. The first-order chi connectivity index (χ1) is 6.13. The molecule has 13 heavy (non-hydrogen) atoms. The van der Waals surface area contributed by atoms with Crippen LogP contribution in [0.25, 0.3) is 0 Å². The van der Waals surface area contributed by atoms with Gasteiger partial charge in [-0.2, -0.15) is 5.26 Å². The van der Waals surface area contributed by atoms with Crippen LogP contribution in [0.4, 0.5) is 5.69 Å². The molecule has 0 aliphatic carbocycles. The number of nitriles is 1. The maximum Gasteiger partial charge on any atom is 0.0992 e. The van der Waals surface area contributed by atoms with Gasteiger partial charge in [0.25, 0.3) is 0 Å². The smallest absolute Gasteiger partial charge is 0.0992 e. The fourth-order valence-electron chi connectivity index (χ4n) is 1.20. The van der Waals surface area contributed by atoms with E-state index in [2.05, 4.69) is 0 Å². The van der Waals surface area contributed by atoms with Gasteiger partial charge in [-0.3, -0.25) is 0 Å². The minimum Gasteiger partial charge on any atom is -0.398 e. The molecule has 0 heterocycles. The highest BCUT2D eigenvalue weighted by Gasteiger charge is 2.02. The second-order valence-electron chi connectivity index (χ2n) is 3.21. The quantitative estimate of drug-likeness (QED) is 0.659. The van der Waals surface area contributed by atoms with Crippen LogP contribution in [-0.2, 0) is 6.42 Å². The highest BCUT2D eigenvalue weighted by Crippen LogP contribution is 2.15. The van der Waals surface area contributed by atoms with Crippen LogP contribution in [0.1, 0.15) is 18.1 Å². The third-order valence-corrected chi connectivity index (χ3v) is 1.82. The number of hydrogen-bond donors (Lipinski definition) is 2. The van der Waals surface area contributed by atoms with Crippen molar-refractivity contribution in [2.75, 3.05) is 5.73 Å². The van der Waals surface area contributed by atoms with Crippen molar-refractivity contribution in [3.05, 3.63) is 29.3 Å². The molecule has 3 heteroatoms. The van der Waals surface area contributed by atoms with E-state index in [0.717, 1.165) is 12.0 Å². The van der Waals surface area contributed by atoms with Crippen LogP contribution >= 0.6 is 0 Å². The van der Waals surface area contributed by atoms with E-state index in [1.54, 1.807) is 12.1 Å². The van der Waals surface area contributed by atoms with Gasteiger partial charge in [0.05, 0.1) is 11.6 Å². The Hall–Kier alpha value is -1.53. The molecule has 3 nitrogen and oxygen atoms in total. The van der Waals surface area contributed by atoms with Gasteiger partial charge in [-0.25, -0.2) is 0 Å². The summed E-state index contributed by atoms with van der Waals surface area (Å²) in [4.78, 5) is 0. The van der Waals surface area contributed by atoms with Crippen LogP contribution in [0.2, 0.25) is 0 Å². The maximum absolute atomic E-state index is 8.60. The molecule has 1 unspecified atom stereocenters. The number of rotatable bonds is 2. The van der Waals surface area contributed by atoms with Crippen molar-refractivity contribution >= 4 is 5.69 Å². The highest BCUT2D eigenvalue weighted by molar-refractivity contribution is 5.52. The van der Waals surface area contributed by atoms with E-state index in [4.69, 9.17) is 16.7 Å². The Morgan fingerprint density at radius 3 is 2.69 bits per heavy atom. The zero-order valence-electron chi connectivity index (χ0n) is 7.62. The lowest BCUT2D eigenvalue weighted by atomic mass is 10.0. The topological polar surface area (TPSA) is 75.8 Å². The summed E-state index contributed by atoms with van der Waals surface area (Å²) in [5, 5.41) is 8.60. The zero-order valence-corrected chi connectivity index (χ0v) is 7.62. The van der Waals surface area contributed by atoms with Crippen molar-refractivity contribution in [3.8, 4) is 6.07 Å². The van der Waals surface area contributed by atoms with Crippen molar-refractivity contribution in [2.24, 2.45) is 5.73 Å². The largest absolute Gasteiger partial charge is 0.398 e. The summed E-state index contributed by atoms with van der Waals surface area (Å²) in [6, 6.07) is 7.42. The van der Waals surface area contributed by atoms with E-state index >= 15 is 0 Å². The fourth-order valence-corrected chi connectivity index (χ4v) is 1.20. The molecule has 0 amide bonds.